The predicted octanol–water partition coefficient (Wildman–Crippen LogP) is 0.170. The fourth-order valence-corrected chi connectivity index (χ4v) is 2.75. The average Bonchev–Trinajstić information content (AvgIpc) is 2.64. The van der Waals surface area contributed by atoms with Crippen LogP contribution >= 0.6 is 0 Å². The number of nitrogens with zero attached hydrogens (tertiary/aromatic N) is 2. The molecule has 1 aliphatic rings. The summed E-state index contributed by atoms with van der Waals surface area (Å²) >= 11 is 0. The molecular formula is C18H25N5O3. The Hall–Kier alpha value is -2.90. The molecule has 1 heterocycles. The van der Waals surface area contributed by atoms with Crippen LogP contribution in [0.5, 0.6) is 0 Å². The highest BCUT2D eigenvalue weighted by atomic mass is 16.2. The van der Waals surface area contributed by atoms with Gasteiger partial charge < -0.3 is 20.9 Å². The van der Waals surface area contributed by atoms with E-state index in [1.807, 2.05) is 13.8 Å². The average molecular weight is 359 g/mol. The Bertz CT molecular complexity index is 701. The standard InChI is InChI=1S/C18H25N5O3/c1-3-12(2)23-11-10-22(17(25)18(23)26)9-8-21-16(24)14-6-4-13(5-7-14)15(19)20/h4-7,12H,3,8-11H2,1-2H3,(H3,19,20)(H,21,24). The lowest BCUT2D eigenvalue weighted by molar-refractivity contribution is -0.157. The van der Waals surface area contributed by atoms with Crippen molar-refractivity contribution in [3.63, 3.8) is 0 Å². The fraction of sp³-hybridized carbons (Fsp3) is 0.444. The lowest BCUT2D eigenvalue weighted by atomic mass is 10.1. The Morgan fingerprint density at radius 3 is 2.38 bits per heavy atom. The highest BCUT2D eigenvalue weighted by molar-refractivity contribution is 6.35. The molecule has 8 nitrogen and oxygen atoms in total. The summed E-state index contributed by atoms with van der Waals surface area (Å²) in [4.78, 5) is 39.6. The molecule has 1 aliphatic heterocycles. The van der Waals surface area contributed by atoms with Crippen LogP contribution in [0.3, 0.4) is 0 Å². The Balaban J connectivity index is 1.84. The molecular weight excluding hydrogens is 334 g/mol. The van der Waals surface area contributed by atoms with E-state index in [4.69, 9.17) is 11.1 Å². The number of benzene rings is 1. The minimum atomic E-state index is -0.517. The SMILES string of the molecule is CCC(C)N1CCN(CCNC(=O)c2ccc(C(=N)N)cc2)C(=O)C1=O. The number of nitrogens with one attached hydrogen (secondary N) is 2. The molecule has 0 aliphatic carbocycles. The van der Waals surface area contributed by atoms with Gasteiger partial charge in [-0.1, -0.05) is 19.1 Å². The largest absolute Gasteiger partial charge is 0.384 e. The van der Waals surface area contributed by atoms with E-state index in [1.165, 1.54) is 4.90 Å². The predicted molar refractivity (Wildman–Crippen MR) is 97.8 cm³/mol. The van der Waals surface area contributed by atoms with E-state index in [9.17, 15) is 14.4 Å². The van der Waals surface area contributed by atoms with Gasteiger partial charge in [-0.2, -0.15) is 0 Å². The van der Waals surface area contributed by atoms with Gasteiger partial charge in [0.15, 0.2) is 0 Å². The maximum atomic E-state index is 12.2. The minimum absolute atomic E-state index is 0.0475. The van der Waals surface area contributed by atoms with E-state index < -0.39 is 11.8 Å². The van der Waals surface area contributed by atoms with E-state index in [2.05, 4.69) is 5.32 Å². The number of nitrogen functional groups attached to an aromatic ring is 1. The van der Waals surface area contributed by atoms with E-state index in [0.717, 1.165) is 6.42 Å². The van der Waals surface area contributed by atoms with Gasteiger partial charge in [0, 0.05) is 43.3 Å². The van der Waals surface area contributed by atoms with Crippen molar-refractivity contribution in [2.45, 2.75) is 26.3 Å². The van der Waals surface area contributed by atoms with Gasteiger partial charge in [-0.3, -0.25) is 19.8 Å². The summed E-state index contributed by atoms with van der Waals surface area (Å²) in [6.45, 7) is 5.44. The lowest BCUT2D eigenvalue weighted by Gasteiger charge is -2.36. The number of hydrogen-bond donors (Lipinski definition) is 3. The van der Waals surface area contributed by atoms with Crippen molar-refractivity contribution in [1.29, 1.82) is 5.41 Å². The monoisotopic (exact) mass is 359 g/mol. The number of hydrogen-bond acceptors (Lipinski definition) is 4. The second kappa shape index (κ2) is 8.46. The topological polar surface area (TPSA) is 120 Å². The molecule has 1 atom stereocenters. The molecule has 1 aromatic rings. The molecule has 0 spiro atoms. The van der Waals surface area contributed by atoms with Gasteiger partial charge in [0.25, 0.3) is 5.91 Å². The Morgan fingerprint density at radius 2 is 1.81 bits per heavy atom. The van der Waals surface area contributed by atoms with E-state index in [0.29, 0.717) is 24.2 Å². The third kappa shape index (κ3) is 4.38. The molecule has 26 heavy (non-hydrogen) atoms. The van der Waals surface area contributed by atoms with Crippen LogP contribution < -0.4 is 11.1 Å². The number of rotatable bonds is 7. The molecule has 2 rings (SSSR count). The molecule has 0 bridgehead atoms. The molecule has 1 unspecified atom stereocenters. The van der Waals surface area contributed by atoms with Crippen LogP contribution in [0, 0.1) is 5.41 Å². The highest BCUT2D eigenvalue weighted by Gasteiger charge is 2.34. The zero-order chi connectivity index (χ0) is 19.3. The molecule has 140 valence electrons. The molecule has 0 radical (unpaired) electrons. The summed E-state index contributed by atoms with van der Waals surface area (Å²) < 4.78 is 0. The van der Waals surface area contributed by atoms with Gasteiger partial charge in [0.1, 0.15) is 5.84 Å². The van der Waals surface area contributed by atoms with Gasteiger partial charge in [-0.25, -0.2) is 0 Å². The summed E-state index contributed by atoms with van der Waals surface area (Å²) in [5, 5.41) is 10.1. The smallest absolute Gasteiger partial charge is 0.312 e. The van der Waals surface area contributed by atoms with Gasteiger partial charge in [0.2, 0.25) is 0 Å². The summed E-state index contributed by atoms with van der Waals surface area (Å²) in [5.41, 5.74) is 6.37. The van der Waals surface area contributed by atoms with Gasteiger partial charge in [-0.05, 0) is 25.5 Å². The number of amidine groups is 1. The van der Waals surface area contributed by atoms with Crippen molar-refractivity contribution in [2.75, 3.05) is 26.2 Å². The number of piperazine rings is 1. The van der Waals surface area contributed by atoms with Crippen molar-refractivity contribution in [3.8, 4) is 0 Å². The first-order chi connectivity index (χ1) is 12.3. The summed E-state index contributed by atoms with van der Waals surface area (Å²) in [6, 6.07) is 6.43. The zero-order valence-corrected chi connectivity index (χ0v) is 15.1. The molecule has 4 N–H and O–H groups in total. The molecule has 8 heteroatoms. The van der Waals surface area contributed by atoms with E-state index in [1.54, 1.807) is 29.2 Å². The third-order valence-electron chi connectivity index (χ3n) is 4.59. The van der Waals surface area contributed by atoms with Crippen molar-refractivity contribution in [3.05, 3.63) is 35.4 Å². The van der Waals surface area contributed by atoms with E-state index >= 15 is 0 Å². The molecule has 1 aromatic carbocycles. The first-order valence-corrected chi connectivity index (χ1v) is 8.67. The van der Waals surface area contributed by atoms with Crippen molar-refractivity contribution in [1.82, 2.24) is 15.1 Å². The second-order valence-corrected chi connectivity index (χ2v) is 6.29. The van der Waals surface area contributed by atoms with Crippen LogP contribution in [0.25, 0.3) is 0 Å². The maximum absolute atomic E-state index is 12.2. The molecule has 3 amide bonds. The quantitative estimate of drug-likeness (QED) is 0.365. The van der Waals surface area contributed by atoms with Gasteiger partial charge in [0.05, 0.1) is 0 Å². The van der Waals surface area contributed by atoms with Crippen molar-refractivity contribution < 1.29 is 14.4 Å². The van der Waals surface area contributed by atoms with Crippen LogP contribution in [-0.4, -0.2) is 65.6 Å². The number of carbonyl (C=O) groups excluding carboxylic acids is 3. The van der Waals surface area contributed by atoms with Gasteiger partial charge in [-0.15, -0.1) is 0 Å². The maximum Gasteiger partial charge on any atom is 0.312 e. The highest BCUT2D eigenvalue weighted by Crippen LogP contribution is 2.11. The Kier molecular flexibility index (Phi) is 6.32. The van der Waals surface area contributed by atoms with Crippen LogP contribution in [0.1, 0.15) is 36.2 Å². The minimum Gasteiger partial charge on any atom is -0.384 e. The lowest BCUT2D eigenvalue weighted by Crippen LogP contribution is -2.57. The normalized spacial score (nSPS) is 15.8. The number of carbonyl (C=O) groups is 3. The molecule has 1 fully saturated rings. The Morgan fingerprint density at radius 1 is 1.19 bits per heavy atom. The summed E-state index contributed by atoms with van der Waals surface area (Å²) in [7, 11) is 0. The fourth-order valence-electron chi connectivity index (χ4n) is 2.75. The van der Waals surface area contributed by atoms with Crippen LogP contribution in [0.2, 0.25) is 0 Å². The molecule has 1 saturated heterocycles. The first kappa shape index (κ1) is 19.4. The van der Waals surface area contributed by atoms with Crippen molar-refractivity contribution in [2.24, 2.45) is 5.73 Å². The first-order valence-electron chi connectivity index (χ1n) is 8.67. The van der Waals surface area contributed by atoms with Crippen LogP contribution in [-0.2, 0) is 9.59 Å². The number of amides is 3. The summed E-state index contributed by atoms with van der Waals surface area (Å²) in [5.74, 6) is -1.33. The molecule has 0 saturated carbocycles. The third-order valence-corrected chi connectivity index (χ3v) is 4.59. The zero-order valence-electron chi connectivity index (χ0n) is 15.1. The molecule has 0 aromatic heterocycles. The van der Waals surface area contributed by atoms with Gasteiger partial charge >= 0.3 is 11.8 Å². The van der Waals surface area contributed by atoms with E-state index in [-0.39, 0.29) is 30.9 Å². The number of nitrogens with two attached hydrogens (primary N) is 1. The van der Waals surface area contributed by atoms with Crippen LogP contribution in [0.15, 0.2) is 24.3 Å². The Labute approximate surface area is 152 Å². The van der Waals surface area contributed by atoms with Crippen molar-refractivity contribution >= 4 is 23.6 Å². The van der Waals surface area contributed by atoms with Crippen LogP contribution in [0.4, 0.5) is 0 Å². The second-order valence-electron chi connectivity index (χ2n) is 6.29. The summed E-state index contributed by atoms with van der Waals surface area (Å²) in [6.07, 6.45) is 0.803.